The molecule has 114 valence electrons. The number of nitrogens with one attached hydrogen (secondary N) is 1. The van der Waals surface area contributed by atoms with E-state index < -0.39 is 12.0 Å². The molecule has 7 nitrogen and oxygen atoms in total. The molecule has 0 aromatic carbocycles. The smallest absolute Gasteiger partial charge is 0.320 e. The number of hydrogen-bond donors (Lipinski definition) is 2. The molecule has 1 unspecified atom stereocenters. The predicted octanol–water partition coefficient (Wildman–Crippen LogP) is 0.518. The van der Waals surface area contributed by atoms with Gasteiger partial charge >= 0.3 is 5.97 Å². The average Bonchev–Trinajstić information content (AvgIpc) is 2.92. The van der Waals surface area contributed by atoms with E-state index in [9.17, 15) is 4.79 Å². The largest absolute Gasteiger partial charge is 0.481 e. The summed E-state index contributed by atoms with van der Waals surface area (Å²) in [6.07, 6.45) is 4.20. The van der Waals surface area contributed by atoms with E-state index in [0.717, 1.165) is 44.7 Å². The number of hydrogen-bond acceptors (Lipinski definition) is 6. The lowest BCUT2D eigenvalue weighted by Crippen LogP contribution is -2.41. The maximum atomic E-state index is 11.1. The summed E-state index contributed by atoms with van der Waals surface area (Å²) in [4.78, 5) is 21.6. The van der Waals surface area contributed by atoms with Gasteiger partial charge in [-0.1, -0.05) is 0 Å². The van der Waals surface area contributed by atoms with Crippen LogP contribution >= 0.6 is 0 Å². The Morgan fingerprint density at radius 3 is 2.86 bits per heavy atom. The van der Waals surface area contributed by atoms with Crippen LogP contribution in [0.1, 0.15) is 19.3 Å². The van der Waals surface area contributed by atoms with Crippen LogP contribution < -0.4 is 15.0 Å². The van der Waals surface area contributed by atoms with Crippen LogP contribution in [-0.2, 0) is 4.79 Å². The van der Waals surface area contributed by atoms with Crippen LogP contribution in [0, 0.1) is 5.41 Å². The number of piperidine rings is 1. The molecule has 3 rings (SSSR count). The molecule has 0 amide bonds. The van der Waals surface area contributed by atoms with Crippen molar-refractivity contribution in [1.29, 1.82) is 0 Å². The normalized spacial score (nSPS) is 24.2. The summed E-state index contributed by atoms with van der Waals surface area (Å²) in [5.41, 5.74) is 0.122. The average molecular weight is 292 g/mol. The zero-order chi connectivity index (χ0) is 14.9. The van der Waals surface area contributed by atoms with Crippen molar-refractivity contribution < 1.29 is 14.6 Å². The van der Waals surface area contributed by atoms with Gasteiger partial charge in [0.2, 0.25) is 5.88 Å². The van der Waals surface area contributed by atoms with Gasteiger partial charge in [0.05, 0.1) is 7.11 Å². The fraction of sp³-hybridized carbons (Fsp3) is 0.643. The van der Waals surface area contributed by atoms with Crippen molar-refractivity contribution in [2.75, 3.05) is 31.6 Å². The Morgan fingerprint density at radius 2 is 2.24 bits per heavy atom. The van der Waals surface area contributed by atoms with Crippen LogP contribution in [-0.4, -0.2) is 53.8 Å². The molecule has 0 bridgehead atoms. The van der Waals surface area contributed by atoms with E-state index in [1.54, 1.807) is 7.11 Å². The minimum Gasteiger partial charge on any atom is -0.481 e. The van der Waals surface area contributed by atoms with Gasteiger partial charge in [-0.2, -0.15) is 0 Å². The van der Waals surface area contributed by atoms with E-state index in [-0.39, 0.29) is 5.41 Å². The number of carboxylic acid groups (broad SMARTS) is 1. The van der Waals surface area contributed by atoms with Gasteiger partial charge in [0.25, 0.3) is 0 Å². The van der Waals surface area contributed by atoms with Gasteiger partial charge < -0.3 is 20.1 Å². The Hall–Kier alpha value is -1.89. The zero-order valence-corrected chi connectivity index (χ0v) is 12.1. The van der Waals surface area contributed by atoms with Crippen LogP contribution in [0.15, 0.2) is 12.4 Å². The maximum absolute atomic E-state index is 11.1. The Morgan fingerprint density at radius 1 is 1.48 bits per heavy atom. The van der Waals surface area contributed by atoms with Crippen molar-refractivity contribution >= 4 is 11.8 Å². The Bertz CT molecular complexity index is 529. The molecular formula is C14H20N4O3. The SMILES string of the molecule is COc1cc(N2CCC3(CC2)CNC(C(=O)O)C3)ncn1. The highest BCUT2D eigenvalue weighted by Crippen LogP contribution is 2.40. The van der Waals surface area contributed by atoms with Crippen LogP contribution in [0.4, 0.5) is 5.82 Å². The van der Waals surface area contributed by atoms with E-state index >= 15 is 0 Å². The molecule has 0 radical (unpaired) electrons. The molecule has 2 aliphatic heterocycles. The number of ether oxygens (including phenoxy) is 1. The van der Waals surface area contributed by atoms with Crippen LogP contribution in [0.2, 0.25) is 0 Å². The second-order valence-corrected chi connectivity index (χ2v) is 5.88. The third-order valence-electron chi connectivity index (χ3n) is 4.64. The number of anilines is 1. The summed E-state index contributed by atoms with van der Waals surface area (Å²) in [5, 5.41) is 12.2. The van der Waals surface area contributed by atoms with E-state index in [2.05, 4.69) is 20.2 Å². The van der Waals surface area contributed by atoms with Crippen molar-refractivity contribution in [2.24, 2.45) is 5.41 Å². The molecule has 2 N–H and O–H groups in total. The van der Waals surface area contributed by atoms with E-state index in [0.29, 0.717) is 5.88 Å². The van der Waals surface area contributed by atoms with E-state index in [1.165, 1.54) is 6.33 Å². The number of carbonyl (C=O) groups is 1. The second-order valence-electron chi connectivity index (χ2n) is 5.88. The first kappa shape index (κ1) is 14.1. The lowest BCUT2D eigenvalue weighted by molar-refractivity contribution is -0.139. The quantitative estimate of drug-likeness (QED) is 0.839. The number of nitrogens with zero attached hydrogens (tertiary/aromatic N) is 3. The molecular weight excluding hydrogens is 272 g/mol. The standard InChI is InChI=1S/C14H20N4O3/c1-21-12-6-11(16-9-17-12)18-4-2-14(3-5-18)7-10(13(19)20)15-8-14/h6,9-10,15H,2-5,7-8H2,1H3,(H,19,20). The first-order valence-electron chi connectivity index (χ1n) is 7.19. The minimum atomic E-state index is -0.741. The van der Waals surface area contributed by atoms with Crippen molar-refractivity contribution in [2.45, 2.75) is 25.3 Å². The molecule has 2 fully saturated rings. The zero-order valence-electron chi connectivity index (χ0n) is 12.1. The lowest BCUT2D eigenvalue weighted by Gasteiger charge is -2.39. The summed E-state index contributed by atoms with van der Waals surface area (Å²) in [6, 6.07) is 1.45. The van der Waals surface area contributed by atoms with Crippen LogP contribution in [0.25, 0.3) is 0 Å². The molecule has 1 aromatic rings. The van der Waals surface area contributed by atoms with Gasteiger partial charge in [0.1, 0.15) is 18.2 Å². The summed E-state index contributed by atoms with van der Waals surface area (Å²) < 4.78 is 5.13. The summed E-state index contributed by atoms with van der Waals surface area (Å²) in [6.45, 7) is 2.56. The monoisotopic (exact) mass is 292 g/mol. The van der Waals surface area contributed by atoms with Crippen LogP contribution in [0.5, 0.6) is 5.88 Å². The predicted molar refractivity (Wildman–Crippen MR) is 76.5 cm³/mol. The van der Waals surface area contributed by atoms with Crippen LogP contribution in [0.3, 0.4) is 0 Å². The third kappa shape index (κ3) is 2.78. The van der Waals surface area contributed by atoms with Gasteiger partial charge in [-0.25, -0.2) is 9.97 Å². The minimum absolute atomic E-state index is 0.122. The van der Waals surface area contributed by atoms with Crippen molar-refractivity contribution in [3.63, 3.8) is 0 Å². The first-order chi connectivity index (χ1) is 10.1. The molecule has 3 heterocycles. The Labute approximate surface area is 123 Å². The fourth-order valence-corrected chi connectivity index (χ4v) is 3.30. The Balaban J connectivity index is 1.64. The van der Waals surface area contributed by atoms with Crippen molar-refractivity contribution in [3.05, 3.63) is 12.4 Å². The fourth-order valence-electron chi connectivity index (χ4n) is 3.30. The van der Waals surface area contributed by atoms with Crippen molar-refractivity contribution in [3.8, 4) is 5.88 Å². The highest BCUT2D eigenvalue weighted by molar-refractivity contribution is 5.74. The number of aliphatic carboxylic acids is 1. The highest BCUT2D eigenvalue weighted by Gasteiger charge is 2.43. The molecule has 1 spiro atoms. The molecule has 1 atom stereocenters. The number of rotatable bonds is 3. The molecule has 0 saturated carbocycles. The number of aromatic nitrogens is 2. The summed E-state index contributed by atoms with van der Waals surface area (Å²) in [7, 11) is 1.59. The molecule has 1 aromatic heterocycles. The maximum Gasteiger partial charge on any atom is 0.320 e. The van der Waals surface area contributed by atoms with E-state index in [1.807, 2.05) is 6.07 Å². The molecule has 0 aliphatic carbocycles. The van der Waals surface area contributed by atoms with Gasteiger partial charge in [0, 0.05) is 25.7 Å². The number of carboxylic acids is 1. The molecule has 2 aliphatic rings. The Kier molecular flexibility index (Phi) is 3.67. The second kappa shape index (κ2) is 5.48. The van der Waals surface area contributed by atoms with E-state index in [4.69, 9.17) is 9.84 Å². The number of methoxy groups -OCH3 is 1. The first-order valence-corrected chi connectivity index (χ1v) is 7.19. The van der Waals surface area contributed by atoms with Gasteiger partial charge in [-0.3, -0.25) is 4.79 Å². The van der Waals surface area contributed by atoms with Gasteiger partial charge in [-0.15, -0.1) is 0 Å². The summed E-state index contributed by atoms with van der Waals surface area (Å²) >= 11 is 0. The van der Waals surface area contributed by atoms with Gasteiger partial charge in [-0.05, 0) is 24.7 Å². The molecule has 21 heavy (non-hydrogen) atoms. The lowest BCUT2D eigenvalue weighted by atomic mass is 9.76. The van der Waals surface area contributed by atoms with Crippen molar-refractivity contribution in [1.82, 2.24) is 15.3 Å². The summed E-state index contributed by atoms with van der Waals surface area (Å²) in [5.74, 6) is 0.695. The molecule has 7 heteroatoms. The van der Waals surface area contributed by atoms with Gasteiger partial charge in [0.15, 0.2) is 0 Å². The topological polar surface area (TPSA) is 87.6 Å². The molecule has 2 saturated heterocycles. The highest BCUT2D eigenvalue weighted by atomic mass is 16.5. The third-order valence-corrected chi connectivity index (χ3v) is 4.64.